The van der Waals surface area contributed by atoms with Gasteiger partial charge in [-0.2, -0.15) is 26.3 Å². The molecule has 14 heteroatoms. The zero-order chi connectivity index (χ0) is 29.3. The molecular formula is C24H23F6N3O5. The number of benzene rings is 1. The van der Waals surface area contributed by atoms with Crippen molar-refractivity contribution in [1.82, 2.24) is 14.9 Å². The molecule has 0 saturated heterocycles. The molecule has 3 aromatic rings. The molecule has 8 nitrogen and oxygen atoms in total. The number of nitrogens with zero attached hydrogens (tertiary/aromatic N) is 3. The topological polar surface area (TPSA) is 121 Å². The molecule has 1 amide bonds. The number of likely N-dealkylation sites (N-methyl/N-ethyl adjacent to an activating group) is 1. The molecule has 0 bridgehead atoms. The minimum atomic E-state index is -5.08. The van der Waals surface area contributed by atoms with E-state index in [0.29, 0.717) is 12.1 Å². The predicted molar refractivity (Wildman–Crippen MR) is 124 cm³/mol. The highest BCUT2D eigenvalue weighted by molar-refractivity contribution is 5.98. The van der Waals surface area contributed by atoms with Gasteiger partial charge in [-0.15, -0.1) is 0 Å². The van der Waals surface area contributed by atoms with Gasteiger partial charge in [0.1, 0.15) is 0 Å². The minimum absolute atomic E-state index is 0.000614. The number of aromatic nitrogens is 2. The first-order valence-corrected chi connectivity index (χ1v) is 10.6. The lowest BCUT2D eigenvalue weighted by Crippen LogP contribution is -2.29. The molecule has 0 saturated carbocycles. The molecule has 0 fully saturated rings. The first kappa shape index (κ1) is 31.8. The molecule has 206 valence electrons. The molecule has 0 spiro atoms. The van der Waals surface area contributed by atoms with Crippen molar-refractivity contribution in [2.24, 2.45) is 0 Å². The minimum Gasteiger partial charge on any atom is -0.475 e. The van der Waals surface area contributed by atoms with Crippen LogP contribution in [0, 0.1) is 13.8 Å². The zero-order valence-corrected chi connectivity index (χ0v) is 20.3. The molecule has 2 aromatic heterocycles. The quantitative estimate of drug-likeness (QED) is 0.449. The number of aliphatic carboxylic acids is 2. The Hall–Kier alpha value is -4.23. The maximum absolute atomic E-state index is 12.8. The van der Waals surface area contributed by atoms with Gasteiger partial charge in [0.25, 0.3) is 5.91 Å². The molecule has 1 aromatic carbocycles. The second kappa shape index (κ2) is 13.4. The highest BCUT2D eigenvalue weighted by Crippen LogP contribution is 2.19. The van der Waals surface area contributed by atoms with Gasteiger partial charge in [0, 0.05) is 37.3 Å². The lowest BCUT2D eigenvalue weighted by Gasteiger charge is -2.18. The van der Waals surface area contributed by atoms with Crippen LogP contribution in [0.2, 0.25) is 0 Å². The van der Waals surface area contributed by atoms with E-state index in [2.05, 4.69) is 16.0 Å². The molecule has 3 rings (SSSR count). The fraction of sp³-hybridized carbons (Fsp3) is 0.292. The van der Waals surface area contributed by atoms with Crippen LogP contribution in [0.15, 0.2) is 48.7 Å². The molecule has 0 aliphatic heterocycles. The van der Waals surface area contributed by atoms with Crippen molar-refractivity contribution in [3.05, 3.63) is 71.2 Å². The van der Waals surface area contributed by atoms with Crippen molar-refractivity contribution in [3.63, 3.8) is 0 Å². The third kappa shape index (κ3) is 10.4. The average molecular weight is 547 g/mol. The van der Waals surface area contributed by atoms with E-state index >= 15 is 0 Å². The van der Waals surface area contributed by atoms with Crippen LogP contribution in [0.4, 0.5) is 26.3 Å². The Labute approximate surface area is 212 Å². The number of pyridine rings is 2. The molecule has 0 radical (unpaired) electrons. The number of rotatable bonds is 4. The van der Waals surface area contributed by atoms with Gasteiger partial charge in [-0.25, -0.2) is 9.59 Å². The average Bonchev–Trinajstić information content (AvgIpc) is 2.82. The molecular weight excluding hydrogens is 524 g/mol. The molecule has 0 aliphatic rings. The number of aryl methyl sites for hydroxylation is 2. The zero-order valence-electron chi connectivity index (χ0n) is 20.3. The second-order valence-electron chi connectivity index (χ2n) is 7.72. The SMILES string of the molecule is Cc1ccc2nc(C)c(C(=O)N(C)CCc3ccccn3)cc2c1.O=C(O)C(F)(F)F.O=C(O)C(F)(F)F. The molecule has 38 heavy (non-hydrogen) atoms. The fourth-order valence-corrected chi connectivity index (χ4v) is 2.74. The van der Waals surface area contributed by atoms with E-state index in [9.17, 15) is 31.1 Å². The van der Waals surface area contributed by atoms with Crippen LogP contribution in [-0.4, -0.2) is 68.9 Å². The first-order chi connectivity index (χ1) is 17.4. The van der Waals surface area contributed by atoms with E-state index in [1.807, 2.05) is 57.3 Å². The molecule has 2 heterocycles. The lowest BCUT2D eigenvalue weighted by molar-refractivity contribution is -0.193. The van der Waals surface area contributed by atoms with Gasteiger partial charge in [0.05, 0.1) is 16.8 Å². The summed E-state index contributed by atoms with van der Waals surface area (Å²) in [5.74, 6) is -5.51. The van der Waals surface area contributed by atoms with Gasteiger partial charge in [-0.3, -0.25) is 14.8 Å². The van der Waals surface area contributed by atoms with Crippen LogP contribution in [0.25, 0.3) is 10.9 Å². The van der Waals surface area contributed by atoms with E-state index in [1.165, 1.54) is 0 Å². The summed E-state index contributed by atoms with van der Waals surface area (Å²) in [5, 5.41) is 15.3. The number of carbonyl (C=O) groups excluding carboxylic acids is 1. The number of hydrogen-bond donors (Lipinski definition) is 2. The normalized spacial score (nSPS) is 11.0. The smallest absolute Gasteiger partial charge is 0.475 e. The van der Waals surface area contributed by atoms with Crippen molar-refractivity contribution >= 4 is 28.7 Å². The summed E-state index contributed by atoms with van der Waals surface area (Å²) in [7, 11) is 1.82. The third-order valence-corrected chi connectivity index (χ3v) is 4.65. The van der Waals surface area contributed by atoms with Crippen molar-refractivity contribution in [1.29, 1.82) is 0 Å². The van der Waals surface area contributed by atoms with Gasteiger partial charge in [-0.1, -0.05) is 17.7 Å². The Balaban J connectivity index is 0.000000426. The third-order valence-electron chi connectivity index (χ3n) is 4.65. The fourth-order valence-electron chi connectivity index (χ4n) is 2.74. The summed E-state index contributed by atoms with van der Waals surface area (Å²) in [6.07, 6.45) is -7.65. The number of hydrogen-bond acceptors (Lipinski definition) is 5. The predicted octanol–water partition coefficient (Wildman–Crippen LogP) is 4.83. The summed E-state index contributed by atoms with van der Waals surface area (Å²) in [6.45, 7) is 4.56. The number of alkyl halides is 6. The summed E-state index contributed by atoms with van der Waals surface area (Å²) in [4.78, 5) is 41.2. The first-order valence-electron chi connectivity index (χ1n) is 10.6. The van der Waals surface area contributed by atoms with Gasteiger partial charge in [-0.05, 0) is 44.2 Å². The van der Waals surface area contributed by atoms with Crippen LogP contribution in [0.5, 0.6) is 0 Å². The highest BCUT2D eigenvalue weighted by Gasteiger charge is 2.38. The van der Waals surface area contributed by atoms with Crippen molar-refractivity contribution in [2.45, 2.75) is 32.6 Å². The monoisotopic (exact) mass is 547 g/mol. The van der Waals surface area contributed by atoms with E-state index in [-0.39, 0.29) is 5.91 Å². The summed E-state index contributed by atoms with van der Waals surface area (Å²) in [6, 6.07) is 13.9. The summed E-state index contributed by atoms with van der Waals surface area (Å²) >= 11 is 0. The van der Waals surface area contributed by atoms with Crippen LogP contribution >= 0.6 is 0 Å². The Bertz CT molecular complexity index is 1240. The maximum atomic E-state index is 12.8. The van der Waals surface area contributed by atoms with Crippen molar-refractivity contribution < 1.29 is 50.9 Å². The van der Waals surface area contributed by atoms with Crippen LogP contribution in [0.3, 0.4) is 0 Å². The van der Waals surface area contributed by atoms with Crippen molar-refractivity contribution in [2.75, 3.05) is 13.6 Å². The van der Waals surface area contributed by atoms with Gasteiger partial charge >= 0.3 is 24.3 Å². The van der Waals surface area contributed by atoms with Gasteiger partial charge in [0.15, 0.2) is 0 Å². The number of carbonyl (C=O) groups is 3. The lowest BCUT2D eigenvalue weighted by atomic mass is 10.1. The number of fused-ring (bicyclic) bond motifs is 1. The van der Waals surface area contributed by atoms with E-state index in [0.717, 1.165) is 34.3 Å². The van der Waals surface area contributed by atoms with Gasteiger partial charge in [0.2, 0.25) is 0 Å². The number of carboxylic acids is 2. The Morgan fingerprint density at radius 3 is 1.92 bits per heavy atom. The number of carboxylic acid groups (broad SMARTS) is 2. The van der Waals surface area contributed by atoms with Crippen LogP contribution in [-0.2, 0) is 16.0 Å². The molecule has 0 atom stereocenters. The standard InChI is InChI=1S/C20H21N3O.2C2HF3O2/c1-14-7-8-19-16(12-14)13-18(15(2)22-19)20(24)23(3)11-9-17-6-4-5-10-21-17;2*3-2(4,5)1(6)7/h4-8,10,12-13H,9,11H2,1-3H3;2*(H,6,7). The van der Waals surface area contributed by atoms with E-state index in [4.69, 9.17) is 19.8 Å². The number of halogens is 6. The second-order valence-corrected chi connectivity index (χ2v) is 7.72. The van der Waals surface area contributed by atoms with Gasteiger partial charge < -0.3 is 15.1 Å². The molecule has 0 unspecified atom stereocenters. The Kier molecular flexibility index (Phi) is 11.2. The largest absolute Gasteiger partial charge is 0.490 e. The van der Waals surface area contributed by atoms with Crippen LogP contribution in [0.1, 0.15) is 27.3 Å². The van der Waals surface area contributed by atoms with Crippen LogP contribution < -0.4 is 0 Å². The maximum Gasteiger partial charge on any atom is 0.490 e. The van der Waals surface area contributed by atoms with Crippen molar-refractivity contribution in [3.8, 4) is 0 Å². The number of amides is 1. The molecule has 0 aliphatic carbocycles. The summed E-state index contributed by atoms with van der Waals surface area (Å²) < 4.78 is 63.5. The Morgan fingerprint density at radius 2 is 1.45 bits per heavy atom. The Morgan fingerprint density at radius 1 is 0.895 bits per heavy atom. The van der Waals surface area contributed by atoms with E-state index in [1.54, 1.807) is 11.1 Å². The molecule has 2 N–H and O–H groups in total. The van der Waals surface area contributed by atoms with E-state index < -0.39 is 24.3 Å². The summed E-state index contributed by atoms with van der Waals surface area (Å²) in [5.41, 5.74) is 4.50. The highest BCUT2D eigenvalue weighted by atomic mass is 19.4.